The second-order valence-corrected chi connectivity index (χ2v) is 17.1. The Morgan fingerprint density at radius 1 is 0.672 bits per heavy atom. The van der Waals surface area contributed by atoms with E-state index >= 15 is 0 Å². The number of nitrogens with zero attached hydrogens (tertiary/aromatic N) is 4. The molecule has 0 saturated carbocycles. The van der Waals surface area contributed by atoms with E-state index in [1.807, 2.05) is 77.9 Å². The lowest BCUT2D eigenvalue weighted by atomic mass is 9.85. The molecule has 4 amide bonds. The van der Waals surface area contributed by atoms with Gasteiger partial charge in [0.05, 0.1) is 50.1 Å². The van der Waals surface area contributed by atoms with Gasteiger partial charge >= 0.3 is 12.2 Å². The highest BCUT2D eigenvalue weighted by Crippen LogP contribution is 2.48. The molecule has 4 atom stereocenters. The fourth-order valence-electron chi connectivity index (χ4n) is 7.83. The molecule has 0 bridgehead atoms. The summed E-state index contributed by atoms with van der Waals surface area (Å²) < 4.78 is 22.3. The largest absolute Gasteiger partial charge is 0.453 e. The summed E-state index contributed by atoms with van der Waals surface area (Å²) in [6.07, 6.45) is 5.29. The molecule has 308 valence electrons. The zero-order valence-electron chi connectivity index (χ0n) is 34.2. The zero-order chi connectivity index (χ0) is 41.5. The molecule has 16 nitrogen and oxygen atoms in total. The first-order valence-corrected chi connectivity index (χ1v) is 19.6. The standard InChI is InChI=1S/C42H52N8O8/c1-41(2,3)33(47-39(53)55-7)37(51)49-17-9-11-27(49)35-43-21-25(45-35)23-13-15-29-31(19-23)57-30-16-14-24(20-32(30)58-29)26-22-44-36(46-26)28-12-10-18-50(28)38(52)34(42(4,5)6)48-40(54)56-8/h13-16,19-22,27-28,33-34H,9-12,17-18H2,1-8H3,(H,43,45)(H,44,46)(H,47,53)(H,48,54)/t27-,28-,33+,34+/m0/s1. The first-order chi connectivity index (χ1) is 27.5. The molecule has 16 heteroatoms. The zero-order valence-corrected chi connectivity index (χ0v) is 34.2. The topological polar surface area (TPSA) is 193 Å². The Bertz CT molecular complexity index is 2050. The van der Waals surface area contributed by atoms with Crippen LogP contribution < -0.4 is 20.1 Å². The summed E-state index contributed by atoms with van der Waals surface area (Å²) in [7, 11) is 2.56. The van der Waals surface area contributed by atoms with Gasteiger partial charge in [0.15, 0.2) is 23.0 Å². The van der Waals surface area contributed by atoms with Crippen LogP contribution in [-0.2, 0) is 19.1 Å². The highest BCUT2D eigenvalue weighted by Gasteiger charge is 2.43. The predicted octanol–water partition coefficient (Wildman–Crippen LogP) is 7.23. The van der Waals surface area contributed by atoms with Gasteiger partial charge in [-0.1, -0.05) is 41.5 Å². The van der Waals surface area contributed by atoms with Gasteiger partial charge in [-0.15, -0.1) is 0 Å². The summed E-state index contributed by atoms with van der Waals surface area (Å²) in [5.41, 5.74) is 2.10. The molecule has 2 aromatic heterocycles. The molecular weight excluding hydrogens is 745 g/mol. The Labute approximate surface area is 337 Å². The fraction of sp³-hybridized carbons (Fsp3) is 0.476. The molecule has 4 aromatic rings. The SMILES string of the molecule is COC(=O)N[C@H](C(=O)N1CCC[C@H]1c1ncc(-c2ccc3c(c2)Oc2ccc(-c4cnc([C@@H]5CCCN5C(=O)[C@@H](NC(=O)OC)C(C)(C)C)[nH]4)cc2O3)[nH]1)C(C)(C)C. The Balaban J connectivity index is 1.04. The normalized spacial score (nSPS) is 18.6. The summed E-state index contributed by atoms with van der Waals surface area (Å²) >= 11 is 0. The number of hydrogen-bond donors (Lipinski definition) is 4. The molecule has 4 N–H and O–H groups in total. The number of alkyl carbamates (subject to hydrolysis) is 2. The van der Waals surface area contributed by atoms with Gasteiger partial charge in [0.1, 0.15) is 23.7 Å². The van der Waals surface area contributed by atoms with Crippen molar-refractivity contribution in [3.63, 3.8) is 0 Å². The van der Waals surface area contributed by atoms with E-state index in [1.54, 1.807) is 22.2 Å². The fourth-order valence-corrected chi connectivity index (χ4v) is 7.83. The number of ether oxygens (including phenoxy) is 4. The van der Waals surface area contributed by atoms with Crippen LogP contribution in [-0.4, -0.2) is 93.1 Å². The summed E-state index contributed by atoms with van der Waals surface area (Å²) in [6.45, 7) is 12.5. The maximum atomic E-state index is 13.8. The number of amides is 4. The Kier molecular flexibility index (Phi) is 10.9. The number of methoxy groups -OCH3 is 2. The molecule has 7 rings (SSSR count). The quantitative estimate of drug-likeness (QED) is 0.124. The van der Waals surface area contributed by atoms with Crippen LogP contribution in [0.4, 0.5) is 9.59 Å². The van der Waals surface area contributed by atoms with Crippen molar-refractivity contribution < 1.29 is 38.1 Å². The summed E-state index contributed by atoms with van der Waals surface area (Å²) in [5, 5.41) is 5.45. The lowest BCUT2D eigenvalue weighted by molar-refractivity contribution is -0.137. The van der Waals surface area contributed by atoms with Gasteiger partial charge in [-0.25, -0.2) is 19.6 Å². The van der Waals surface area contributed by atoms with Crippen molar-refractivity contribution in [3.05, 3.63) is 60.4 Å². The number of carbonyl (C=O) groups excluding carboxylic acids is 4. The van der Waals surface area contributed by atoms with Crippen molar-refractivity contribution in [1.29, 1.82) is 0 Å². The molecule has 58 heavy (non-hydrogen) atoms. The van der Waals surface area contributed by atoms with E-state index in [4.69, 9.17) is 18.9 Å². The van der Waals surface area contributed by atoms with Crippen LogP contribution in [0.3, 0.4) is 0 Å². The number of fused-ring (bicyclic) bond motifs is 2. The van der Waals surface area contributed by atoms with Crippen molar-refractivity contribution in [3.8, 4) is 45.5 Å². The van der Waals surface area contributed by atoms with E-state index in [9.17, 15) is 19.2 Å². The average molecular weight is 797 g/mol. The lowest BCUT2D eigenvalue weighted by Crippen LogP contribution is -2.54. The molecule has 3 aliphatic rings. The van der Waals surface area contributed by atoms with Gasteiger partial charge in [-0.2, -0.15) is 0 Å². The van der Waals surface area contributed by atoms with Crippen LogP contribution in [0.2, 0.25) is 0 Å². The number of rotatable bonds is 8. The monoisotopic (exact) mass is 796 g/mol. The first kappa shape index (κ1) is 40.1. The van der Waals surface area contributed by atoms with Crippen LogP contribution in [0.15, 0.2) is 48.8 Å². The minimum atomic E-state index is -0.769. The van der Waals surface area contributed by atoms with Crippen molar-refractivity contribution >= 4 is 24.0 Å². The second-order valence-electron chi connectivity index (χ2n) is 17.1. The molecule has 3 aliphatic heterocycles. The van der Waals surface area contributed by atoms with Gasteiger partial charge in [-0.3, -0.25) is 9.59 Å². The minimum Gasteiger partial charge on any atom is -0.453 e. The number of nitrogens with one attached hydrogen (secondary N) is 4. The van der Waals surface area contributed by atoms with Crippen LogP contribution in [0.25, 0.3) is 22.5 Å². The summed E-state index contributed by atoms with van der Waals surface area (Å²) in [4.78, 5) is 71.6. The van der Waals surface area contributed by atoms with Gasteiger partial charge < -0.3 is 49.3 Å². The molecule has 0 aliphatic carbocycles. The number of likely N-dealkylation sites (tertiary alicyclic amines) is 2. The Morgan fingerprint density at radius 2 is 1.07 bits per heavy atom. The smallest absolute Gasteiger partial charge is 0.407 e. The van der Waals surface area contributed by atoms with E-state index < -0.39 is 35.1 Å². The lowest BCUT2D eigenvalue weighted by Gasteiger charge is -2.35. The third kappa shape index (κ3) is 8.04. The Morgan fingerprint density at radius 3 is 1.43 bits per heavy atom. The van der Waals surface area contributed by atoms with Crippen molar-refractivity contribution in [2.24, 2.45) is 10.8 Å². The van der Waals surface area contributed by atoms with Gasteiger partial charge in [0.2, 0.25) is 11.8 Å². The second kappa shape index (κ2) is 15.7. The molecule has 2 aromatic carbocycles. The van der Waals surface area contributed by atoms with E-state index in [1.165, 1.54) is 14.2 Å². The highest BCUT2D eigenvalue weighted by molar-refractivity contribution is 5.88. The third-order valence-corrected chi connectivity index (χ3v) is 11.0. The van der Waals surface area contributed by atoms with Gasteiger partial charge in [0, 0.05) is 24.2 Å². The van der Waals surface area contributed by atoms with Crippen LogP contribution >= 0.6 is 0 Å². The number of hydrogen-bond acceptors (Lipinski definition) is 10. The van der Waals surface area contributed by atoms with E-state index in [-0.39, 0.29) is 23.9 Å². The number of aromatic amines is 2. The third-order valence-electron chi connectivity index (χ3n) is 11.0. The summed E-state index contributed by atoms with van der Waals surface area (Å²) in [5.74, 6) is 3.15. The van der Waals surface area contributed by atoms with E-state index in [0.29, 0.717) is 47.7 Å². The van der Waals surface area contributed by atoms with Gasteiger partial charge in [0.25, 0.3) is 0 Å². The molecule has 0 radical (unpaired) electrons. The summed E-state index contributed by atoms with van der Waals surface area (Å²) in [6, 6.07) is 9.22. The van der Waals surface area contributed by atoms with E-state index in [0.717, 1.165) is 48.2 Å². The van der Waals surface area contributed by atoms with Crippen LogP contribution in [0, 0.1) is 10.8 Å². The number of carbonyl (C=O) groups is 4. The highest BCUT2D eigenvalue weighted by atomic mass is 16.6. The molecule has 5 heterocycles. The number of H-pyrrole nitrogens is 2. The Hall–Kier alpha value is -6.06. The molecule has 2 saturated heterocycles. The maximum absolute atomic E-state index is 13.8. The van der Waals surface area contributed by atoms with Crippen LogP contribution in [0.1, 0.15) is 91.0 Å². The molecule has 0 unspecified atom stereocenters. The minimum absolute atomic E-state index is 0.180. The van der Waals surface area contributed by atoms with E-state index in [2.05, 4.69) is 30.6 Å². The molecule has 0 spiro atoms. The number of imidazole rings is 2. The average Bonchev–Trinajstić information content (AvgIpc) is 4.03. The number of aromatic nitrogens is 4. The maximum Gasteiger partial charge on any atom is 0.407 e. The molecule has 2 fully saturated rings. The van der Waals surface area contributed by atoms with Gasteiger partial charge in [-0.05, 0) is 72.9 Å². The van der Waals surface area contributed by atoms with Crippen molar-refractivity contribution in [2.75, 3.05) is 27.3 Å². The van der Waals surface area contributed by atoms with Crippen LogP contribution in [0.5, 0.6) is 23.0 Å². The van der Waals surface area contributed by atoms with Crippen molar-refractivity contribution in [2.45, 2.75) is 91.4 Å². The predicted molar refractivity (Wildman–Crippen MR) is 213 cm³/mol. The van der Waals surface area contributed by atoms with Crippen molar-refractivity contribution in [1.82, 2.24) is 40.4 Å². The first-order valence-electron chi connectivity index (χ1n) is 19.6. The number of benzene rings is 2. The molecular formula is C42H52N8O8.